The van der Waals surface area contributed by atoms with Crippen LogP contribution in [0.5, 0.6) is 0 Å². The molecule has 0 atom stereocenters. The summed E-state index contributed by atoms with van der Waals surface area (Å²) in [7, 11) is 1.28. The van der Waals surface area contributed by atoms with Gasteiger partial charge in [0.2, 0.25) is 11.9 Å². The summed E-state index contributed by atoms with van der Waals surface area (Å²) in [5.74, 6) is -0.683. The first-order valence-corrected chi connectivity index (χ1v) is 6.14. The Kier molecular flexibility index (Phi) is 3.81. The van der Waals surface area contributed by atoms with E-state index in [1.54, 1.807) is 0 Å². The number of hydrogen-bond donors (Lipinski definition) is 2. The van der Waals surface area contributed by atoms with Gasteiger partial charge in [-0.3, -0.25) is 29.0 Å². The van der Waals surface area contributed by atoms with E-state index in [0.29, 0.717) is 4.57 Å². The summed E-state index contributed by atoms with van der Waals surface area (Å²) in [4.78, 5) is 41.0. The largest absolute Gasteiger partial charge is 0.390 e. The van der Waals surface area contributed by atoms with Crippen molar-refractivity contribution in [3.05, 3.63) is 20.8 Å². The molecule has 0 aliphatic heterocycles. The summed E-state index contributed by atoms with van der Waals surface area (Å²) in [5, 5.41) is 2.24. The van der Waals surface area contributed by atoms with E-state index >= 15 is 0 Å². The van der Waals surface area contributed by atoms with Crippen LogP contribution in [0.25, 0.3) is 11.2 Å². The maximum absolute atomic E-state index is 12.3. The second-order valence-electron chi connectivity index (χ2n) is 4.63. The topological polar surface area (TPSA) is 102 Å². The van der Waals surface area contributed by atoms with Crippen LogP contribution in [-0.2, 0) is 18.4 Å². The molecule has 120 valence electrons. The molecule has 0 fully saturated rings. The molecule has 2 N–H and O–H groups in total. The van der Waals surface area contributed by atoms with Gasteiger partial charge in [-0.05, 0) is 0 Å². The van der Waals surface area contributed by atoms with Crippen molar-refractivity contribution in [1.29, 1.82) is 0 Å². The molecule has 11 heteroatoms. The minimum atomic E-state index is -4.46. The van der Waals surface area contributed by atoms with Gasteiger partial charge in [-0.2, -0.15) is 18.2 Å². The number of anilines is 1. The van der Waals surface area contributed by atoms with Crippen LogP contribution in [0.15, 0.2) is 9.59 Å². The van der Waals surface area contributed by atoms with Crippen molar-refractivity contribution in [2.45, 2.75) is 26.1 Å². The Bertz CT molecular complexity index is 845. The van der Waals surface area contributed by atoms with Gasteiger partial charge in [0.25, 0.3) is 5.56 Å². The first kappa shape index (κ1) is 15.8. The normalized spacial score (nSPS) is 11.9. The third kappa shape index (κ3) is 3.02. The Hall–Kier alpha value is -2.59. The number of aromatic nitrogens is 4. The van der Waals surface area contributed by atoms with Crippen LogP contribution in [0.1, 0.15) is 13.3 Å². The van der Waals surface area contributed by atoms with Crippen LogP contribution in [0, 0.1) is 0 Å². The number of carbonyl (C=O) groups excluding carboxylic acids is 1. The standard InChI is InChI=1S/C11H12F3N5O3/c1-5(20)15-9-16-7-6(8(21)17-9)19(10(22)18(7)2)4-3-11(12,13)14/h3-4H2,1-2H3,(H2,15,16,17,20,21). The summed E-state index contributed by atoms with van der Waals surface area (Å²) < 4.78 is 38.6. The molecule has 0 aliphatic rings. The van der Waals surface area contributed by atoms with Crippen LogP contribution >= 0.6 is 0 Å². The quantitative estimate of drug-likeness (QED) is 0.851. The highest BCUT2D eigenvalue weighted by Crippen LogP contribution is 2.20. The number of aryl methyl sites for hydroxylation is 2. The van der Waals surface area contributed by atoms with E-state index in [2.05, 4.69) is 15.3 Å². The predicted molar refractivity (Wildman–Crippen MR) is 70.6 cm³/mol. The minimum absolute atomic E-state index is 0.111. The number of halogens is 3. The highest BCUT2D eigenvalue weighted by molar-refractivity contribution is 5.87. The number of H-pyrrole nitrogens is 1. The highest BCUT2D eigenvalue weighted by atomic mass is 19.4. The monoisotopic (exact) mass is 319 g/mol. The SMILES string of the molecule is CC(=O)Nc1nc2c(c(=O)[nH]1)n(CCC(F)(F)F)c(=O)n2C. The van der Waals surface area contributed by atoms with E-state index in [0.717, 1.165) is 4.57 Å². The zero-order chi connectivity index (χ0) is 16.7. The number of carbonyl (C=O) groups is 1. The average molecular weight is 319 g/mol. The van der Waals surface area contributed by atoms with Crippen LogP contribution in [0.3, 0.4) is 0 Å². The molecular formula is C11H12F3N5O3. The van der Waals surface area contributed by atoms with Gasteiger partial charge in [0.15, 0.2) is 11.2 Å². The summed E-state index contributed by atoms with van der Waals surface area (Å²) in [5.41, 5.74) is -1.99. The Balaban J connectivity index is 2.60. The molecule has 2 aromatic rings. The fourth-order valence-electron chi connectivity index (χ4n) is 1.97. The number of nitrogens with zero attached hydrogens (tertiary/aromatic N) is 3. The molecule has 1 amide bonds. The molecule has 0 saturated heterocycles. The van der Waals surface area contributed by atoms with Crippen molar-refractivity contribution in [1.82, 2.24) is 19.1 Å². The van der Waals surface area contributed by atoms with Crippen molar-refractivity contribution >= 4 is 23.0 Å². The second-order valence-corrected chi connectivity index (χ2v) is 4.63. The van der Waals surface area contributed by atoms with Gasteiger partial charge in [0, 0.05) is 20.5 Å². The molecule has 0 unspecified atom stereocenters. The number of fused-ring (bicyclic) bond motifs is 1. The van der Waals surface area contributed by atoms with Gasteiger partial charge < -0.3 is 0 Å². The number of amides is 1. The van der Waals surface area contributed by atoms with Gasteiger partial charge in [-0.1, -0.05) is 0 Å². The van der Waals surface area contributed by atoms with Gasteiger partial charge >= 0.3 is 11.9 Å². The lowest BCUT2D eigenvalue weighted by atomic mass is 10.4. The van der Waals surface area contributed by atoms with Crippen molar-refractivity contribution in [3.63, 3.8) is 0 Å². The van der Waals surface area contributed by atoms with Crippen LogP contribution < -0.4 is 16.6 Å². The van der Waals surface area contributed by atoms with Crippen LogP contribution in [0.2, 0.25) is 0 Å². The van der Waals surface area contributed by atoms with E-state index in [9.17, 15) is 27.6 Å². The predicted octanol–water partition coefficient (Wildman–Crippen LogP) is 0.334. The van der Waals surface area contributed by atoms with Crippen molar-refractivity contribution in [2.24, 2.45) is 7.05 Å². The van der Waals surface area contributed by atoms with Crippen molar-refractivity contribution in [2.75, 3.05) is 5.32 Å². The third-order valence-electron chi connectivity index (χ3n) is 2.90. The zero-order valence-electron chi connectivity index (χ0n) is 11.6. The van der Waals surface area contributed by atoms with Crippen LogP contribution in [-0.4, -0.2) is 31.2 Å². The Morgan fingerprint density at radius 2 is 2.00 bits per heavy atom. The molecule has 0 saturated carbocycles. The first-order valence-electron chi connectivity index (χ1n) is 6.14. The molecule has 0 spiro atoms. The smallest absolute Gasteiger partial charge is 0.296 e. The first-order chi connectivity index (χ1) is 10.1. The number of alkyl halides is 3. The third-order valence-corrected chi connectivity index (χ3v) is 2.90. The van der Waals surface area contributed by atoms with Gasteiger partial charge in [-0.15, -0.1) is 0 Å². The Labute approximate surface area is 120 Å². The Morgan fingerprint density at radius 1 is 1.36 bits per heavy atom. The lowest BCUT2D eigenvalue weighted by Gasteiger charge is -2.06. The van der Waals surface area contributed by atoms with E-state index in [1.807, 2.05) is 0 Å². The van der Waals surface area contributed by atoms with Crippen molar-refractivity contribution in [3.8, 4) is 0 Å². The van der Waals surface area contributed by atoms with Gasteiger partial charge in [-0.25, -0.2) is 4.79 Å². The van der Waals surface area contributed by atoms with E-state index in [4.69, 9.17) is 0 Å². The molecule has 2 rings (SSSR count). The van der Waals surface area contributed by atoms with Crippen LogP contribution in [0.4, 0.5) is 19.1 Å². The number of aromatic amines is 1. The molecule has 2 aromatic heterocycles. The maximum atomic E-state index is 12.3. The molecule has 0 aliphatic carbocycles. The molecular weight excluding hydrogens is 307 g/mol. The fraction of sp³-hybridized carbons (Fsp3) is 0.455. The second kappa shape index (κ2) is 5.31. The lowest BCUT2D eigenvalue weighted by Crippen LogP contribution is -2.26. The molecule has 0 aromatic carbocycles. The molecule has 2 heterocycles. The highest BCUT2D eigenvalue weighted by Gasteiger charge is 2.28. The zero-order valence-corrected chi connectivity index (χ0v) is 11.6. The molecule has 0 bridgehead atoms. The molecule has 22 heavy (non-hydrogen) atoms. The number of hydrogen-bond acceptors (Lipinski definition) is 4. The summed E-state index contributed by atoms with van der Waals surface area (Å²) in [6.07, 6.45) is -5.71. The lowest BCUT2D eigenvalue weighted by molar-refractivity contribution is -0.136. The minimum Gasteiger partial charge on any atom is -0.296 e. The van der Waals surface area contributed by atoms with E-state index < -0.39 is 36.3 Å². The van der Waals surface area contributed by atoms with Crippen molar-refractivity contribution < 1.29 is 18.0 Å². The van der Waals surface area contributed by atoms with E-state index in [1.165, 1.54) is 14.0 Å². The fourth-order valence-corrected chi connectivity index (χ4v) is 1.97. The van der Waals surface area contributed by atoms with E-state index in [-0.39, 0.29) is 17.1 Å². The summed E-state index contributed by atoms with van der Waals surface area (Å²) in [6, 6.07) is 0. The van der Waals surface area contributed by atoms with Gasteiger partial charge in [0.05, 0.1) is 6.42 Å². The maximum Gasteiger partial charge on any atom is 0.390 e. The number of rotatable bonds is 3. The number of nitrogens with one attached hydrogen (secondary N) is 2. The Morgan fingerprint density at radius 3 is 2.55 bits per heavy atom. The summed E-state index contributed by atoms with van der Waals surface area (Å²) in [6.45, 7) is 0.502. The average Bonchev–Trinajstić information content (AvgIpc) is 2.59. The summed E-state index contributed by atoms with van der Waals surface area (Å²) >= 11 is 0. The number of imidazole rings is 1. The van der Waals surface area contributed by atoms with Gasteiger partial charge in [0.1, 0.15) is 0 Å². The molecule has 0 radical (unpaired) electrons. The molecule has 8 nitrogen and oxygen atoms in total.